The summed E-state index contributed by atoms with van der Waals surface area (Å²) in [4.78, 5) is 27.1. The summed E-state index contributed by atoms with van der Waals surface area (Å²) in [6.07, 6.45) is 1.76. The molecule has 1 saturated heterocycles. The molecule has 0 spiro atoms. The molecule has 6 nitrogen and oxygen atoms in total. The van der Waals surface area contributed by atoms with Gasteiger partial charge in [0.1, 0.15) is 21.6 Å². The summed E-state index contributed by atoms with van der Waals surface area (Å²) >= 11 is 6.29. The molecule has 8 heteroatoms. The van der Waals surface area contributed by atoms with Crippen molar-refractivity contribution >= 4 is 62.7 Å². The second kappa shape index (κ2) is 9.72. The minimum Gasteiger partial charge on any atom is -0.482 e. The Morgan fingerprint density at radius 2 is 1.81 bits per heavy atom. The van der Waals surface area contributed by atoms with Gasteiger partial charge >= 0.3 is 0 Å². The van der Waals surface area contributed by atoms with Crippen molar-refractivity contribution in [1.29, 1.82) is 0 Å². The van der Waals surface area contributed by atoms with E-state index in [1.165, 1.54) is 11.8 Å². The SMILES string of the molecule is O=C1NC(=S)SC1=Cc1ccc2c(c1)N(Cc1ccc(Oc3cccc4ccccc34)cc1)C(=O)CO2. The zero-order chi connectivity index (χ0) is 25.4. The van der Waals surface area contributed by atoms with Crippen LogP contribution in [-0.2, 0) is 16.1 Å². The number of rotatable bonds is 5. The van der Waals surface area contributed by atoms with Gasteiger partial charge in [0.2, 0.25) is 0 Å². The molecule has 2 amide bonds. The quantitative estimate of drug-likeness (QED) is 0.253. The number of nitrogens with zero attached hydrogens (tertiary/aromatic N) is 1. The molecular formula is C29H20N2O4S2. The molecule has 0 aromatic heterocycles. The average molecular weight is 525 g/mol. The Morgan fingerprint density at radius 1 is 1.00 bits per heavy atom. The van der Waals surface area contributed by atoms with Crippen LogP contribution in [0.4, 0.5) is 5.69 Å². The van der Waals surface area contributed by atoms with Crippen LogP contribution >= 0.6 is 24.0 Å². The van der Waals surface area contributed by atoms with E-state index >= 15 is 0 Å². The molecule has 4 aromatic rings. The number of hydrogen-bond acceptors (Lipinski definition) is 6. The van der Waals surface area contributed by atoms with Gasteiger partial charge in [0.25, 0.3) is 11.8 Å². The third-order valence-electron chi connectivity index (χ3n) is 6.11. The van der Waals surface area contributed by atoms with E-state index in [9.17, 15) is 9.59 Å². The Balaban J connectivity index is 1.23. The first-order chi connectivity index (χ1) is 18.0. The van der Waals surface area contributed by atoms with E-state index in [1.54, 1.807) is 11.0 Å². The number of carbonyl (C=O) groups is 2. The summed E-state index contributed by atoms with van der Waals surface area (Å²) in [6, 6.07) is 27.3. The van der Waals surface area contributed by atoms with E-state index in [0.717, 1.165) is 27.6 Å². The second-order valence-corrected chi connectivity index (χ2v) is 10.3. The number of amides is 2. The third-order valence-corrected chi connectivity index (χ3v) is 7.27. The van der Waals surface area contributed by atoms with E-state index in [2.05, 4.69) is 17.4 Å². The van der Waals surface area contributed by atoms with Crippen molar-refractivity contribution in [2.24, 2.45) is 0 Å². The number of benzene rings is 4. The van der Waals surface area contributed by atoms with Gasteiger partial charge < -0.3 is 19.7 Å². The molecule has 0 saturated carbocycles. The highest BCUT2D eigenvalue weighted by molar-refractivity contribution is 8.26. The minimum atomic E-state index is -0.220. The molecule has 0 radical (unpaired) electrons. The summed E-state index contributed by atoms with van der Waals surface area (Å²) in [5.41, 5.74) is 2.39. The third kappa shape index (κ3) is 4.81. The minimum absolute atomic E-state index is 0.0256. The zero-order valence-corrected chi connectivity index (χ0v) is 21.1. The van der Waals surface area contributed by atoms with Gasteiger partial charge in [-0.05, 0) is 52.9 Å². The van der Waals surface area contributed by atoms with Crippen LogP contribution in [0.3, 0.4) is 0 Å². The normalized spacial score (nSPS) is 16.1. The Labute approximate surface area is 222 Å². The van der Waals surface area contributed by atoms with Crippen molar-refractivity contribution in [2.45, 2.75) is 6.54 Å². The molecule has 0 aliphatic carbocycles. The molecule has 182 valence electrons. The van der Waals surface area contributed by atoms with Crippen molar-refractivity contribution in [3.63, 3.8) is 0 Å². The maximum Gasteiger partial charge on any atom is 0.265 e. The van der Waals surface area contributed by atoms with Gasteiger partial charge in [0.15, 0.2) is 6.61 Å². The molecule has 0 bridgehead atoms. The molecule has 37 heavy (non-hydrogen) atoms. The van der Waals surface area contributed by atoms with E-state index in [0.29, 0.717) is 33.0 Å². The first-order valence-corrected chi connectivity index (χ1v) is 12.8. The van der Waals surface area contributed by atoms with Crippen molar-refractivity contribution in [2.75, 3.05) is 11.5 Å². The largest absolute Gasteiger partial charge is 0.482 e. The van der Waals surface area contributed by atoms with Gasteiger partial charge in [-0.3, -0.25) is 9.59 Å². The van der Waals surface area contributed by atoms with Crippen LogP contribution in [0.15, 0.2) is 89.8 Å². The Morgan fingerprint density at radius 3 is 2.62 bits per heavy atom. The Kier molecular flexibility index (Phi) is 6.12. The highest BCUT2D eigenvalue weighted by Gasteiger charge is 2.27. The number of thioether (sulfide) groups is 1. The van der Waals surface area contributed by atoms with E-state index in [4.69, 9.17) is 21.7 Å². The molecular weight excluding hydrogens is 504 g/mol. The Bertz CT molecular complexity index is 1590. The summed E-state index contributed by atoms with van der Waals surface area (Å²) < 4.78 is 12.2. The van der Waals surface area contributed by atoms with Gasteiger partial charge in [-0.1, -0.05) is 78.6 Å². The number of hydrogen-bond donors (Lipinski definition) is 1. The predicted octanol–water partition coefficient (Wildman–Crippen LogP) is 6.05. The van der Waals surface area contributed by atoms with Crippen LogP contribution in [0.25, 0.3) is 16.8 Å². The summed E-state index contributed by atoms with van der Waals surface area (Å²) in [6.45, 7) is 0.353. The topological polar surface area (TPSA) is 67.9 Å². The first kappa shape index (κ1) is 23.3. The number of carbonyl (C=O) groups excluding carboxylic acids is 2. The van der Waals surface area contributed by atoms with Crippen molar-refractivity contribution in [3.8, 4) is 17.2 Å². The van der Waals surface area contributed by atoms with Crippen LogP contribution in [0.2, 0.25) is 0 Å². The maximum absolute atomic E-state index is 12.8. The maximum atomic E-state index is 12.8. The lowest BCUT2D eigenvalue weighted by Gasteiger charge is -2.30. The van der Waals surface area contributed by atoms with Gasteiger partial charge in [-0.25, -0.2) is 0 Å². The fourth-order valence-electron chi connectivity index (χ4n) is 4.31. The summed E-state index contributed by atoms with van der Waals surface area (Å²) in [5.74, 6) is 1.77. The molecule has 1 fully saturated rings. The molecule has 2 aliphatic rings. The van der Waals surface area contributed by atoms with Crippen molar-refractivity contribution < 1.29 is 19.1 Å². The molecule has 0 unspecified atom stereocenters. The lowest BCUT2D eigenvalue weighted by atomic mass is 10.1. The van der Waals surface area contributed by atoms with E-state index in [1.807, 2.05) is 72.8 Å². The number of nitrogens with one attached hydrogen (secondary N) is 1. The molecule has 2 aliphatic heterocycles. The van der Waals surface area contributed by atoms with E-state index < -0.39 is 0 Å². The van der Waals surface area contributed by atoms with E-state index in [-0.39, 0.29) is 18.4 Å². The average Bonchev–Trinajstić information content (AvgIpc) is 3.23. The monoisotopic (exact) mass is 524 g/mol. The first-order valence-electron chi connectivity index (χ1n) is 11.6. The van der Waals surface area contributed by atoms with Crippen molar-refractivity contribution in [3.05, 3.63) is 101 Å². The van der Waals surface area contributed by atoms with Crippen LogP contribution in [-0.4, -0.2) is 22.7 Å². The smallest absolute Gasteiger partial charge is 0.265 e. The molecule has 4 aromatic carbocycles. The number of anilines is 1. The number of ether oxygens (including phenoxy) is 2. The molecule has 6 rings (SSSR count). The van der Waals surface area contributed by atoms with Crippen molar-refractivity contribution in [1.82, 2.24) is 5.32 Å². The Hall–Kier alpha value is -4.14. The fraction of sp³-hybridized carbons (Fsp3) is 0.0690. The highest BCUT2D eigenvalue weighted by Crippen LogP contribution is 2.36. The summed E-state index contributed by atoms with van der Waals surface area (Å²) in [7, 11) is 0. The van der Waals surface area contributed by atoms with Gasteiger partial charge in [0, 0.05) is 5.39 Å². The van der Waals surface area contributed by atoms with Gasteiger partial charge in [-0.2, -0.15) is 0 Å². The number of thiocarbonyl (C=S) groups is 1. The molecule has 2 heterocycles. The molecule has 1 N–H and O–H groups in total. The van der Waals surface area contributed by atoms with Gasteiger partial charge in [0.05, 0.1) is 17.1 Å². The standard InChI is InChI=1S/C29H20N2O4S2/c32-27-17-34-25-13-10-19(15-26-28(33)30-29(36)37-26)14-23(25)31(27)16-18-8-11-21(12-9-18)35-24-7-3-5-20-4-1-2-6-22(20)24/h1-15H,16-17H2,(H,30,33,36). The lowest BCUT2D eigenvalue weighted by molar-refractivity contribution is -0.121. The van der Waals surface area contributed by atoms with Gasteiger partial charge in [-0.15, -0.1) is 0 Å². The van der Waals surface area contributed by atoms with Crippen LogP contribution in [0.5, 0.6) is 17.2 Å². The van der Waals surface area contributed by atoms with Crippen LogP contribution < -0.4 is 19.7 Å². The number of fused-ring (bicyclic) bond motifs is 2. The zero-order valence-electron chi connectivity index (χ0n) is 19.5. The molecule has 0 atom stereocenters. The predicted molar refractivity (Wildman–Crippen MR) is 150 cm³/mol. The highest BCUT2D eigenvalue weighted by atomic mass is 32.2. The lowest BCUT2D eigenvalue weighted by Crippen LogP contribution is -2.38. The van der Waals surface area contributed by atoms with Crippen LogP contribution in [0.1, 0.15) is 11.1 Å². The summed E-state index contributed by atoms with van der Waals surface area (Å²) in [5, 5.41) is 4.78. The van der Waals surface area contributed by atoms with Crippen LogP contribution in [0, 0.1) is 0 Å². The second-order valence-electron chi connectivity index (χ2n) is 8.57. The fourth-order valence-corrected chi connectivity index (χ4v) is 5.36.